The van der Waals surface area contributed by atoms with Gasteiger partial charge in [0, 0.05) is 25.7 Å². The van der Waals surface area contributed by atoms with Crippen LogP contribution < -0.4 is 0 Å². The molecule has 0 aliphatic carbocycles. The highest BCUT2D eigenvalue weighted by atomic mass is 32.1. The van der Waals surface area contributed by atoms with E-state index in [4.69, 9.17) is 13.3 Å². The van der Waals surface area contributed by atoms with E-state index in [2.05, 4.69) is 19.6 Å². The minimum atomic E-state index is -2.77. The first-order valence-electron chi connectivity index (χ1n) is 9.14. The van der Waals surface area contributed by atoms with Gasteiger partial charge in [0.25, 0.3) is 0 Å². The first kappa shape index (κ1) is 23.1. The van der Waals surface area contributed by atoms with Gasteiger partial charge in [0.1, 0.15) is 6.10 Å². The number of unbranched alkanes of at least 4 members (excludes halogenated alkanes) is 4. The number of carbonyl (C=O) groups excluding carboxylic acids is 1. The van der Waals surface area contributed by atoms with Crippen LogP contribution >= 0.6 is 12.6 Å². The predicted octanol–water partition coefficient (Wildman–Crippen LogP) is 4.65. The smallest absolute Gasteiger partial charge is 0.374 e. The van der Waals surface area contributed by atoms with E-state index in [1.165, 1.54) is 19.3 Å². The molecule has 0 aromatic rings. The number of thiol groups is 1. The summed E-state index contributed by atoms with van der Waals surface area (Å²) >= 11 is 4.26. The quantitative estimate of drug-likeness (QED) is 0.246. The number of ketones is 1. The molecule has 23 heavy (non-hydrogen) atoms. The van der Waals surface area contributed by atoms with Crippen molar-refractivity contribution in [1.29, 1.82) is 0 Å². The molecule has 0 bridgehead atoms. The van der Waals surface area contributed by atoms with E-state index >= 15 is 0 Å². The van der Waals surface area contributed by atoms with E-state index < -0.39 is 14.9 Å². The lowest BCUT2D eigenvalue weighted by atomic mass is 10.1. The van der Waals surface area contributed by atoms with Crippen molar-refractivity contribution in [1.82, 2.24) is 0 Å². The van der Waals surface area contributed by atoms with Gasteiger partial charge in [0.05, 0.1) is 0 Å². The molecule has 138 valence electrons. The molecular weight excluding hydrogens is 328 g/mol. The molecule has 0 saturated carbocycles. The monoisotopic (exact) mass is 364 g/mol. The van der Waals surface area contributed by atoms with Crippen molar-refractivity contribution < 1.29 is 18.1 Å². The van der Waals surface area contributed by atoms with Gasteiger partial charge in [-0.15, -0.1) is 0 Å². The first-order chi connectivity index (χ1) is 11.0. The Balaban J connectivity index is 4.48. The summed E-state index contributed by atoms with van der Waals surface area (Å²) in [7, 11) is -2.77. The maximum atomic E-state index is 12.3. The zero-order valence-corrected chi connectivity index (χ0v) is 17.3. The van der Waals surface area contributed by atoms with Crippen LogP contribution in [0, 0.1) is 0 Å². The van der Waals surface area contributed by atoms with E-state index in [-0.39, 0.29) is 5.78 Å². The molecule has 4 nitrogen and oxygen atoms in total. The molecule has 0 fully saturated rings. The van der Waals surface area contributed by atoms with Crippen LogP contribution in [-0.2, 0) is 18.1 Å². The molecule has 0 spiro atoms. The summed E-state index contributed by atoms with van der Waals surface area (Å²) in [6.45, 7) is 8.97. The Kier molecular flexibility index (Phi) is 14.5. The van der Waals surface area contributed by atoms with Crippen LogP contribution in [0.2, 0.25) is 6.04 Å². The first-order valence-corrected chi connectivity index (χ1v) is 11.7. The minimum absolute atomic E-state index is 0.156. The lowest BCUT2D eigenvalue weighted by Gasteiger charge is -2.31. The van der Waals surface area contributed by atoms with Crippen molar-refractivity contribution in [2.75, 3.05) is 19.0 Å². The lowest BCUT2D eigenvalue weighted by Crippen LogP contribution is -2.49. The van der Waals surface area contributed by atoms with Crippen LogP contribution in [0.4, 0.5) is 0 Å². The maximum absolute atomic E-state index is 12.3. The number of carbonyl (C=O) groups is 1. The highest BCUT2D eigenvalue weighted by Gasteiger charge is 2.42. The summed E-state index contributed by atoms with van der Waals surface area (Å²) in [6, 6.07) is 0.715. The molecule has 0 N–H and O–H groups in total. The van der Waals surface area contributed by atoms with Crippen LogP contribution in [0.15, 0.2) is 0 Å². The Morgan fingerprint density at radius 2 is 1.61 bits per heavy atom. The Bertz CT molecular complexity index is 296. The fraction of sp³-hybridized carbons (Fsp3) is 0.941. The van der Waals surface area contributed by atoms with E-state index in [0.29, 0.717) is 25.7 Å². The average molecular weight is 365 g/mol. The minimum Gasteiger partial charge on any atom is -0.374 e. The molecule has 0 saturated heterocycles. The lowest BCUT2D eigenvalue weighted by molar-refractivity contribution is -0.127. The molecule has 1 unspecified atom stereocenters. The van der Waals surface area contributed by atoms with Gasteiger partial charge in [-0.3, -0.25) is 4.79 Å². The van der Waals surface area contributed by atoms with E-state index in [0.717, 1.165) is 25.0 Å². The molecule has 0 radical (unpaired) electrons. The predicted molar refractivity (Wildman–Crippen MR) is 101 cm³/mol. The molecule has 0 aliphatic rings. The number of hydrogen-bond donors (Lipinski definition) is 1. The summed E-state index contributed by atoms with van der Waals surface area (Å²) in [5.74, 6) is 0.918. The zero-order chi connectivity index (χ0) is 17.6. The highest BCUT2D eigenvalue weighted by molar-refractivity contribution is 7.80. The summed E-state index contributed by atoms with van der Waals surface area (Å²) in [6.07, 6.45) is 6.73. The van der Waals surface area contributed by atoms with Crippen molar-refractivity contribution in [2.24, 2.45) is 0 Å². The number of rotatable bonds is 16. The van der Waals surface area contributed by atoms with Crippen molar-refractivity contribution in [2.45, 2.75) is 84.8 Å². The number of Topliss-reactive ketones (excluding diaryl/α,β-unsaturated/α-hetero) is 1. The van der Waals surface area contributed by atoms with Crippen LogP contribution in [0.1, 0.15) is 72.6 Å². The van der Waals surface area contributed by atoms with Gasteiger partial charge in [0.2, 0.25) is 0 Å². The standard InChI is InChI=1S/C17H36O4SSi/c1-5-8-9-10-11-13-17(18)16(4)21-23(19-6-2,20-7-3)15-12-14-22/h16,22H,5-15H2,1-4H3. The van der Waals surface area contributed by atoms with Gasteiger partial charge in [0.15, 0.2) is 5.78 Å². The summed E-state index contributed by atoms with van der Waals surface area (Å²) in [5.41, 5.74) is 0. The Morgan fingerprint density at radius 3 is 2.13 bits per heavy atom. The SMILES string of the molecule is CCCCCCCC(=O)C(C)O[Si](CCCS)(OCC)OCC. The second-order valence-corrected chi connectivity index (χ2v) is 8.89. The van der Waals surface area contributed by atoms with Crippen molar-refractivity contribution in [3.05, 3.63) is 0 Å². The number of hydrogen-bond acceptors (Lipinski definition) is 5. The van der Waals surface area contributed by atoms with Crippen LogP contribution in [-0.4, -0.2) is 39.7 Å². The van der Waals surface area contributed by atoms with Crippen molar-refractivity contribution in [3.8, 4) is 0 Å². The molecule has 0 amide bonds. The maximum Gasteiger partial charge on any atom is 0.501 e. The van der Waals surface area contributed by atoms with E-state index in [9.17, 15) is 4.79 Å². The van der Waals surface area contributed by atoms with Gasteiger partial charge < -0.3 is 13.3 Å². The Hall–Kier alpha value is 0.117. The molecular formula is C17H36O4SSi. The van der Waals surface area contributed by atoms with Crippen molar-refractivity contribution in [3.63, 3.8) is 0 Å². The van der Waals surface area contributed by atoms with E-state index in [1.807, 2.05) is 20.8 Å². The van der Waals surface area contributed by atoms with Crippen LogP contribution in [0.3, 0.4) is 0 Å². The summed E-state index contributed by atoms with van der Waals surface area (Å²) in [4.78, 5) is 12.3. The average Bonchev–Trinajstić information content (AvgIpc) is 2.53. The Morgan fingerprint density at radius 1 is 1.00 bits per heavy atom. The fourth-order valence-electron chi connectivity index (χ4n) is 2.49. The molecule has 0 aliphatic heterocycles. The largest absolute Gasteiger partial charge is 0.501 e. The molecule has 1 atom stereocenters. The second kappa shape index (κ2) is 14.5. The second-order valence-electron chi connectivity index (χ2n) is 5.77. The van der Waals surface area contributed by atoms with Gasteiger partial charge in [-0.25, -0.2) is 0 Å². The van der Waals surface area contributed by atoms with Crippen LogP contribution in [0.5, 0.6) is 0 Å². The normalized spacial score (nSPS) is 13.3. The third kappa shape index (κ3) is 10.6. The fourth-order valence-corrected chi connectivity index (χ4v) is 5.73. The summed E-state index contributed by atoms with van der Waals surface area (Å²) < 4.78 is 17.8. The zero-order valence-electron chi connectivity index (χ0n) is 15.4. The molecule has 0 aromatic carbocycles. The topological polar surface area (TPSA) is 44.8 Å². The summed E-state index contributed by atoms with van der Waals surface area (Å²) in [5, 5.41) is 0. The molecule has 6 heteroatoms. The van der Waals surface area contributed by atoms with Gasteiger partial charge in [-0.2, -0.15) is 12.6 Å². The third-order valence-corrected chi connectivity index (χ3v) is 7.16. The third-order valence-electron chi connectivity index (χ3n) is 3.71. The van der Waals surface area contributed by atoms with Gasteiger partial charge in [-0.05, 0) is 39.4 Å². The van der Waals surface area contributed by atoms with Gasteiger partial charge >= 0.3 is 8.80 Å². The molecule has 0 rings (SSSR count). The Labute approximate surface area is 149 Å². The van der Waals surface area contributed by atoms with Gasteiger partial charge in [-0.1, -0.05) is 32.6 Å². The van der Waals surface area contributed by atoms with E-state index in [1.54, 1.807) is 0 Å². The molecule has 0 aromatic heterocycles. The molecule has 0 heterocycles. The van der Waals surface area contributed by atoms with Crippen LogP contribution in [0.25, 0.3) is 0 Å². The van der Waals surface area contributed by atoms with Crippen molar-refractivity contribution >= 4 is 27.2 Å². The highest BCUT2D eigenvalue weighted by Crippen LogP contribution is 2.21.